The van der Waals surface area contributed by atoms with Crippen molar-refractivity contribution in [3.05, 3.63) is 21.8 Å². The molecule has 0 unspecified atom stereocenters. The first-order chi connectivity index (χ1) is 12.5. The first-order valence-electron chi connectivity index (χ1n) is 8.27. The average Bonchev–Trinajstić information content (AvgIpc) is 3.12. The number of aromatic nitrogens is 2. The Hall–Kier alpha value is -2.07. The summed E-state index contributed by atoms with van der Waals surface area (Å²) in [5, 5.41) is 2.97. The fraction of sp³-hybridized carbons (Fsp3) is 0.500. The van der Waals surface area contributed by atoms with Crippen LogP contribution >= 0.6 is 23.1 Å². The highest BCUT2D eigenvalue weighted by molar-refractivity contribution is 7.99. The lowest BCUT2D eigenvalue weighted by atomic mass is 10.3. The second-order valence-electron chi connectivity index (χ2n) is 5.75. The molecular weight excluding hydrogens is 376 g/mol. The fourth-order valence-corrected chi connectivity index (χ4v) is 4.36. The molecule has 0 spiro atoms. The van der Waals surface area contributed by atoms with E-state index in [0.29, 0.717) is 48.2 Å². The number of amides is 2. The highest BCUT2D eigenvalue weighted by Crippen LogP contribution is 2.21. The summed E-state index contributed by atoms with van der Waals surface area (Å²) in [5.74, 6) is 0.176. The van der Waals surface area contributed by atoms with Gasteiger partial charge in [0.15, 0.2) is 5.16 Å². The van der Waals surface area contributed by atoms with Crippen LogP contribution < -0.4 is 5.56 Å². The van der Waals surface area contributed by atoms with Crippen LogP contribution in [-0.4, -0.2) is 69.9 Å². The Morgan fingerprint density at radius 3 is 2.65 bits per heavy atom. The van der Waals surface area contributed by atoms with Crippen molar-refractivity contribution in [1.82, 2.24) is 19.4 Å². The largest absolute Gasteiger partial charge is 0.450 e. The van der Waals surface area contributed by atoms with E-state index in [1.54, 1.807) is 29.8 Å². The van der Waals surface area contributed by atoms with Crippen LogP contribution in [0.15, 0.2) is 21.4 Å². The predicted octanol–water partition coefficient (Wildman–Crippen LogP) is 1.39. The minimum absolute atomic E-state index is 0.0287. The van der Waals surface area contributed by atoms with Gasteiger partial charge in [-0.1, -0.05) is 11.8 Å². The molecule has 26 heavy (non-hydrogen) atoms. The molecular formula is C16H20N4O4S2. The van der Waals surface area contributed by atoms with Crippen LogP contribution in [0.1, 0.15) is 6.92 Å². The topological polar surface area (TPSA) is 84.7 Å². The minimum Gasteiger partial charge on any atom is -0.450 e. The summed E-state index contributed by atoms with van der Waals surface area (Å²) in [5.41, 5.74) is -0.103. The van der Waals surface area contributed by atoms with Crippen LogP contribution in [0.4, 0.5) is 4.79 Å². The second-order valence-corrected chi connectivity index (χ2v) is 7.59. The van der Waals surface area contributed by atoms with Crippen molar-refractivity contribution in [1.29, 1.82) is 0 Å². The Morgan fingerprint density at radius 1 is 1.27 bits per heavy atom. The Labute approximate surface area is 158 Å². The lowest BCUT2D eigenvalue weighted by molar-refractivity contribution is -0.129. The highest BCUT2D eigenvalue weighted by Gasteiger charge is 2.25. The number of hydrogen-bond donors (Lipinski definition) is 0. The van der Waals surface area contributed by atoms with E-state index in [2.05, 4.69) is 4.98 Å². The lowest BCUT2D eigenvalue weighted by Gasteiger charge is -2.34. The molecule has 2 amide bonds. The van der Waals surface area contributed by atoms with Crippen molar-refractivity contribution in [3.8, 4) is 0 Å². The molecule has 8 nitrogen and oxygen atoms in total. The van der Waals surface area contributed by atoms with Gasteiger partial charge < -0.3 is 14.5 Å². The van der Waals surface area contributed by atoms with E-state index in [4.69, 9.17) is 4.74 Å². The molecule has 10 heteroatoms. The van der Waals surface area contributed by atoms with E-state index < -0.39 is 0 Å². The zero-order chi connectivity index (χ0) is 18.7. The third-order valence-corrected chi connectivity index (χ3v) is 5.97. The summed E-state index contributed by atoms with van der Waals surface area (Å²) in [7, 11) is 1.66. The molecule has 3 heterocycles. The summed E-state index contributed by atoms with van der Waals surface area (Å²) >= 11 is 2.67. The normalized spacial score (nSPS) is 14.7. The van der Waals surface area contributed by atoms with Gasteiger partial charge in [0.2, 0.25) is 5.91 Å². The minimum atomic E-state index is -0.336. The molecule has 1 saturated heterocycles. The number of hydrogen-bond acceptors (Lipinski definition) is 7. The Balaban J connectivity index is 1.57. The van der Waals surface area contributed by atoms with Crippen LogP contribution in [0, 0.1) is 0 Å². The zero-order valence-electron chi connectivity index (χ0n) is 14.6. The van der Waals surface area contributed by atoms with Gasteiger partial charge in [0, 0.05) is 33.2 Å². The van der Waals surface area contributed by atoms with Gasteiger partial charge in [-0.3, -0.25) is 14.2 Å². The number of rotatable bonds is 4. The van der Waals surface area contributed by atoms with Gasteiger partial charge in [-0.25, -0.2) is 9.78 Å². The van der Waals surface area contributed by atoms with Crippen molar-refractivity contribution in [3.63, 3.8) is 0 Å². The lowest BCUT2D eigenvalue weighted by Crippen LogP contribution is -2.51. The SMILES string of the molecule is CCOC(=O)N1CCN(C(=O)CSc2nc3sccc3c(=O)n2C)CC1. The summed E-state index contributed by atoms with van der Waals surface area (Å²) in [6.07, 6.45) is -0.336. The van der Waals surface area contributed by atoms with Crippen molar-refractivity contribution >= 4 is 45.3 Å². The Kier molecular flexibility index (Phi) is 5.82. The molecule has 140 valence electrons. The molecule has 0 aromatic carbocycles. The van der Waals surface area contributed by atoms with Crippen molar-refractivity contribution in [2.45, 2.75) is 12.1 Å². The number of thiophene rings is 1. The van der Waals surface area contributed by atoms with E-state index in [-0.39, 0.29) is 23.3 Å². The number of ether oxygens (including phenoxy) is 1. The maximum atomic E-state index is 12.4. The van der Waals surface area contributed by atoms with E-state index in [1.165, 1.54) is 27.7 Å². The van der Waals surface area contributed by atoms with Gasteiger partial charge in [0.1, 0.15) is 4.83 Å². The number of fused-ring (bicyclic) bond motifs is 1. The molecule has 0 N–H and O–H groups in total. The molecule has 3 rings (SSSR count). The van der Waals surface area contributed by atoms with E-state index in [9.17, 15) is 14.4 Å². The number of piperazine rings is 1. The Bertz CT molecular complexity index is 871. The molecule has 2 aromatic heterocycles. The Morgan fingerprint density at radius 2 is 1.96 bits per heavy atom. The molecule has 1 aliphatic heterocycles. The smallest absolute Gasteiger partial charge is 0.409 e. The first kappa shape index (κ1) is 18.7. The molecule has 1 aliphatic rings. The van der Waals surface area contributed by atoms with Crippen LogP contribution in [0.3, 0.4) is 0 Å². The standard InChI is InChI=1S/C16H20N4O4S2/c1-3-24-16(23)20-7-5-19(6-8-20)12(21)10-26-15-17-13-11(4-9-25-13)14(22)18(15)2/h4,9H,3,5-8,10H2,1-2H3. The maximum Gasteiger partial charge on any atom is 0.409 e. The van der Waals surface area contributed by atoms with Gasteiger partial charge in [-0.05, 0) is 18.4 Å². The van der Waals surface area contributed by atoms with Crippen LogP contribution in [0.2, 0.25) is 0 Å². The highest BCUT2D eigenvalue weighted by atomic mass is 32.2. The second kappa shape index (κ2) is 8.09. The maximum absolute atomic E-state index is 12.4. The van der Waals surface area contributed by atoms with Crippen molar-refractivity contribution in [2.75, 3.05) is 38.5 Å². The number of carbonyl (C=O) groups is 2. The molecule has 2 aromatic rings. The molecule has 0 atom stereocenters. The quantitative estimate of drug-likeness (QED) is 0.574. The summed E-state index contributed by atoms with van der Waals surface area (Å²) < 4.78 is 6.45. The molecule has 0 aliphatic carbocycles. The van der Waals surface area contributed by atoms with Gasteiger partial charge in [0.05, 0.1) is 17.7 Å². The third-order valence-electron chi connectivity index (χ3n) is 4.15. The van der Waals surface area contributed by atoms with Gasteiger partial charge in [-0.15, -0.1) is 11.3 Å². The summed E-state index contributed by atoms with van der Waals surface area (Å²) in [6, 6.07) is 1.76. The van der Waals surface area contributed by atoms with Crippen molar-refractivity contribution in [2.24, 2.45) is 7.05 Å². The first-order valence-corrected chi connectivity index (χ1v) is 10.1. The van der Waals surface area contributed by atoms with Crippen LogP contribution in [-0.2, 0) is 16.6 Å². The van der Waals surface area contributed by atoms with Crippen molar-refractivity contribution < 1.29 is 14.3 Å². The zero-order valence-corrected chi connectivity index (χ0v) is 16.3. The molecule has 0 saturated carbocycles. The van der Waals surface area contributed by atoms with Crippen LogP contribution in [0.5, 0.6) is 0 Å². The van der Waals surface area contributed by atoms with Gasteiger partial charge in [0.25, 0.3) is 5.56 Å². The van der Waals surface area contributed by atoms with E-state index in [0.717, 1.165) is 0 Å². The molecule has 0 radical (unpaired) electrons. The van der Waals surface area contributed by atoms with E-state index in [1.807, 2.05) is 5.38 Å². The predicted molar refractivity (Wildman–Crippen MR) is 101 cm³/mol. The number of carbonyl (C=O) groups excluding carboxylic acids is 2. The van der Waals surface area contributed by atoms with Gasteiger partial charge >= 0.3 is 6.09 Å². The number of nitrogens with zero attached hydrogens (tertiary/aromatic N) is 4. The summed E-state index contributed by atoms with van der Waals surface area (Å²) in [4.78, 5) is 44.9. The summed E-state index contributed by atoms with van der Waals surface area (Å²) in [6.45, 7) is 4.00. The molecule has 0 bridgehead atoms. The number of thioether (sulfide) groups is 1. The van der Waals surface area contributed by atoms with Crippen LogP contribution in [0.25, 0.3) is 10.2 Å². The monoisotopic (exact) mass is 396 g/mol. The van der Waals surface area contributed by atoms with E-state index >= 15 is 0 Å². The molecule has 1 fully saturated rings. The fourth-order valence-electron chi connectivity index (χ4n) is 2.68. The third kappa shape index (κ3) is 3.85. The average molecular weight is 396 g/mol. The van der Waals surface area contributed by atoms with Gasteiger partial charge in [-0.2, -0.15) is 0 Å².